The molecule has 0 atom stereocenters. The van der Waals surface area contributed by atoms with Crippen LogP contribution in [0.15, 0.2) is 71.7 Å². The molecule has 6 aromatic rings. The van der Waals surface area contributed by atoms with Gasteiger partial charge < -0.3 is 10.3 Å². The lowest BCUT2D eigenvalue weighted by Crippen LogP contribution is -2.11. The Morgan fingerprint density at radius 2 is 2.00 bits per heavy atom. The van der Waals surface area contributed by atoms with Crippen LogP contribution in [0, 0.1) is 0 Å². The molecule has 0 aliphatic heterocycles. The lowest BCUT2D eigenvalue weighted by Gasteiger charge is -2.07. The molecule has 0 bridgehead atoms. The standard InChI is InChI=1S/C28H24N6OS/c1-2-3-7-26(35)30-19-12-18(14-29-15-19)22-8-9-24-27(32-22)28(34-33-24)25-13-21-20(17-10-11-36-16-17)5-4-6-23(21)31-25/h4-6,8-16,31H,2-3,7H2,1H3,(H,30,35)(H,33,34). The summed E-state index contributed by atoms with van der Waals surface area (Å²) in [7, 11) is 0. The third-order valence-electron chi connectivity index (χ3n) is 6.23. The molecule has 36 heavy (non-hydrogen) atoms. The molecule has 0 aliphatic rings. The zero-order valence-corrected chi connectivity index (χ0v) is 20.5. The predicted octanol–water partition coefficient (Wildman–Crippen LogP) is 7.03. The first-order chi connectivity index (χ1) is 17.7. The van der Waals surface area contributed by atoms with Crippen LogP contribution >= 0.6 is 11.3 Å². The molecule has 5 heterocycles. The summed E-state index contributed by atoms with van der Waals surface area (Å²) < 4.78 is 0. The number of thiophene rings is 1. The highest BCUT2D eigenvalue weighted by Crippen LogP contribution is 2.35. The minimum absolute atomic E-state index is 0.00281. The molecule has 3 N–H and O–H groups in total. The van der Waals surface area contributed by atoms with E-state index in [1.54, 1.807) is 23.7 Å². The van der Waals surface area contributed by atoms with E-state index in [1.807, 2.05) is 18.2 Å². The molecule has 0 fully saturated rings. The lowest BCUT2D eigenvalue weighted by molar-refractivity contribution is -0.116. The van der Waals surface area contributed by atoms with Gasteiger partial charge in [-0.2, -0.15) is 16.4 Å². The number of hydrogen-bond acceptors (Lipinski definition) is 5. The molecule has 7 nitrogen and oxygen atoms in total. The second-order valence-electron chi connectivity index (χ2n) is 8.74. The molecule has 1 aromatic carbocycles. The Bertz CT molecular complexity index is 1680. The molecular weight excluding hydrogens is 468 g/mol. The molecule has 0 unspecified atom stereocenters. The third-order valence-corrected chi connectivity index (χ3v) is 6.92. The van der Waals surface area contributed by atoms with Gasteiger partial charge in [0.25, 0.3) is 0 Å². The largest absolute Gasteiger partial charge is 0.353 e. The van der Waals surface area contributed by atoms with Crippen LogP contribution < -0.4 is 5.32 Å². The van der Waals surface area contributed by atoms with Gasteiger partial charge in [-0.3, -0.25) is 14.9 Å². The number of nitrogens with one attached hydrogen (secondary N) is 3. The Morgan fingerprint density at radius 3 is 2.86 bits per heavy atom. The van der Waals surface area contributed by atoms with Crippen molar-refractivity contribution in [1.82, 2.24) is 25.1 Å². The first-order valence-corrected chi connectivity index (χ1v) is 12.9. The SMILES string of the molecule is CCCCC(=O)Nc1cncc(-c2ccc3[nH]nc(-c4cc5c(-c6ccsc6)cccc5[nH]4)c3n2)c1. The van der Waals surface area contributed by atoms with Gasteiger partial charge in [-0.1, -0.05) is 25.5 Å². The normalized spacial score (nSPS) is 11.4. The van der Waals surface area contributed by atoms with E-state index >= 15 is 0 Å². The highest BCUT2D eigenvalue weighted by atomic mass is 32.1. The first kappa shape index (κ1) is 22.2. The smallest absolute Gasteiger partial charge is 0.224 e. The Kier molecular flexibility index (Phi) is 5.79. The van der Waals surface area contributed by atoms with Gasteiger partial charge in [-0.15, -0.1) is 0 Å². The van der Waals surface area contributed by atoms with Gasteiger partial charge in [0.1, 0.15) is 11.2 Å². The van der Waals surface area contributed by atoms with Crippen LogP contribution in [0.4, 0.5) is 5.69 Å². The summed E-state index contributed by atoms with van der Waals surface area (Å²) in [6.45, 7) is 2.07. The van der Waals surface area contributed by atoms with Crippen molar-refractivity contribution in [2.45, 2.75) is 26.2 Å². The van der Waals surface area contributed by atoms with Crippen LogP contribution in [0.5, 0.6) is 0 Å². The maximum absolute atomic E-state index is 12.2. The molecule has 0 aliphatic carbocycles. The van der Waals surface area contributed by atoms with E-state index in [-0.39, 0.29) is 5.91 Å². The Hall–Kier alpha value is -4.30. The summed E-state index contributed by atoms with van der Waals surface area (Å²) in [6, 6.07) is 16.4. The molecule has 6 rings (SSSR count). The van der Waals surface area contributed by atoms with E-state index in [2.05, 4.69) is 73.5 Å². The minimum atomic E-state index is -0.00281. The van der Waals surface area contributed by atoms with E-state index in [0.717, 1.165) is 57.4 Å². The van der Waals surface area contributed by atoms with Crippen molar-refractivity contribution < 1.29 is 4.79 Å². The fourth-order valence-electron chi connectivity index (χ4n) is 4.41. The number of anilines is 1. The Morgan fingerprint density at radius 1 is 1.06 bits per heavy atom. The summed E-state index contributed by atoms with van der Waals surface area (Å²) in [6.07, 6.45) is 5.76. The van der Waals surface area contributed by atoms with Crippen molar-refractivity contribution in [2.24, 2.45) is 0 Å². The fourth-order valence-corrected chi connectivity index (χ4v) is 5.06. The number of carbonyl (C=O) groups excluding carboxylic acids is 1. The quantitative estimate of drug-likeness (QED) is 0.223. The van der Waals surface area contributed by atoms with Crippen molar-refractivity contribution in [2.75, 3.05) is 5.32 Å². The van der Waals surface area contributed by atoms with E-state index in [0.29, 0.717) is 12.1 Å². The number of hydrogen-bond donors (Lipinski definition) is 3. The molecule has 0 spiro atoms. The zero-order valence-electron chi connectivity index (χ0n) is 19.7. The molecule has 5 aromatic heterocycles. The third kappa shape index (κ3) is 4.16. The van der Waals surface area contributed by atoms with Gasteiger partial charge >= 0.3 is 0 Å². The molecule has 0 saturated heterocycles. The summed E-state index contributed by atoms with van der Waals surface area (Å²) in [4.78, 5) is 24.9. The average Bonchev–Trinajstić information content (AvgIpc) is 3.66. The Balaban J connectivity index is 1.37. The number of fused-ring (bicyclic) bond motifs is 2. The van der Waals surface area contributed by atoms with Crippen LogP contribution in [0.2, 0.25) is 0 Å². The van der Waals surface area contributed by atoms with Crippen LogP contribution in [-0.4, -0.2) is 31.1 Å². The second-order valence-corrected chi connectivity index (χ2v) is 9.52. The second kappa shape index (κ2) is 9.39. The summed E-state index contributed by atoms with van der Waals surface area (Å²) >= 11 is 1.69. The number of benzene rings is 1. The molecule has 0 saturated carbocycles. The van der Waals surface area contributed by atoms with E-state index in [9.17, 15) is 4.79 Å². The molecule has 8 heteroatoms. The fraction of sp³-hybridized carbons (Fsp3) is 0.143. The monoisotopic (exact) mass is 492 g/mol. The molecular formula is C28H24N6OS. The summed E-state index contributed by atoms with van der Waals surface area (Å²) in [5, 5.41) is 16.0. The highest BCUT2D eigenvalue weighted by Gasteiger charge is 2.16. The topological polar surface area (TPSA) is 99.4 Å². The number of aromatic nitrogens is 5. The number of aromatic amines is 2. The van der Waals surface area contributed by atoms with E-state index in [4.69, 9.17) is 4.98 Å². The number of H-pyrrole nitrogens is 2. The summed E-state index contributed by atoms with van der Waals surface area (Å²) in [5.74, 6) is -0.00281. The van der Waals surface area contributed by atoms with Crippen LogP contribution in [0.1, 0.15) is 26.2 Å². The van der Waals surface area contributed by atoms with Gasteiger partial charge in [0.2, 0.25) is 5.91 Å². The maximum atomic E-state index is 12.2. The van der Waals surface area contributed by atoms with Gasteiger partial charge in [-0.05, 0) is 64.7 Å². The van der Waals surface area contributed by atoms with E-state index < -0.39 is 0 Å². The van der Waals surface area contributed by atoms with Crippen molar-refractivity contribution in [3.05, 3.63) is 71.7 Å². The first-order valence-electron chi connectivity index (χ1n) is 11.9. The summed E-state index contributed by atoms with van der Waals surface area (Å²) in [5.41, 5.74) is 8.99. The molecule has 1 amide bonds. The number of amides is 1. The highest BCUT2D eigenvalue weighted by molar-refractivity contribution is 7.08. The van der Waals surface area contributed by atoms with Gasteiger partial charge in [0, 0.05) is 29.1 Å². The van der Waals surface area contributed by atoms with Crippen LogP contribution in [0.3, 0.4) is 0 Å². The van der Waals surface area contributed by atoms with E-state index in [1.165, 1.54) is 11.1 Å². The number of unbranched alkanes of at least 4 members (excludes halogenated alkanes) is 1. The van der Waals surface area contributed by atoms with Crippen molar-refractivity contribution in [3.63, 3.8) is 0 Å². The number of rotatable bonds is 7. The number of pyridine rings is 2. The zero-order chi connectivity index (χ0) is 24.5. The minimum Gasteiger partial charge on any atom is -0.353 e. The predicted molar refractivity (Wildman–Crippen MR) is 146 cm³/mol. The maximum Gasteiger partial charge on any atom is 0.224 e. The van der Waals surface area contributed by atoms with Crippen molar-refractivity contribution >= 4 is 44.9 Å². The average molecular weight is 493 g/mol. The van der Waals surface area contributed by atoms with Crippen molar-refractivity contribution in [1.29, 1.82) is 0 Å². The van der Waals surface area contributed by atoms with Gasteiger partial charge in [0.15, 0.2) is 0 Å². The number of carbonyl (C=O) groups is 1. The van der Waals surface area contributed by atoms with Crippen molar-refractivity contribution in [3.8, 4) is 33.8 Å². The number of nitrogens with zero attached hydrogens (tertiary/aromatic N) is 3. The van der Waals surface area contributed by atoms with Crippen LogP contribution in [0.25, 0.3) is 55.7 Å². The Labute approximate surface area is 211 Å². The molecule has 178 valence electrons. The van der Waals surface area contributed by atoms with Gasteiger partial charge in [-0.25, -0.2) is 4.98 Å². The molecule has 0 radical (unpaired) electrons. The van der Waals surface area contributed by atoms with Gasteiger partial charge in [0.05, 0.1) is 28.8 Å². The lowest BCUT2D eigenvalue weighted by atomic mass is 10.0. The van der Waals surface area contributed by atoms with Crippen LogP contribution in [-0.2, 0) is 4.79 Å².